The summed E-state index contributed by atoms with van der Waals surface area (Å²) in [5.74, 6) is 1.93. The smallest absolute Gasteiger partial charge is 0.251 e. The first-order valence-corrected chi connectivity index (χ1v) is 9.15. The van der Waals surface area contributed by atoms with E-state index in [1.54, 1.807) is 25.1 Å². The van der Waals surface area contributed by atoms with Crippen LogP contribution < -0.4 is 9.47 Å². The zero-order chi connectivity index (χ0) is 19.8. The van der Waals surface area contributed by atoms with E-state index in [9.17, 15) is 4.79 Å². The van der Waals surface area contributed by atoms with E-state index >= 15 is 0 Å². The molecule has 144 valence electrons. The highest BCUT2D eigenvalue weighted by atomic mass is 16.5. The van der Waals surface area contributed by atoms with Crippen molar-refractivity contribution in [3.63, 3.8) is 0 Å². The van der Waals surface area contributed by atoms with Gasteiger partial charge in [0.25, 0.3) is 5.95 Å². The SMILES string of the molecule is COc1ccc([C@H]2CC(=O)c3cnn(-c4nc(C)cc(C)n4)c3C2)cc1OC. The number of nitrogens with zero attached hydrogens (tertiary/aromatic N) is 4. The average molecular weight is 378 g/mol. The number of fused-ring (bicyclic) bond motifs is 1. The Kier molecular flexibility index (Phi) is 4.58. The van der Waals surface area contributed by atoms with Crippen molar-refractivity contribution in [2.75, 3.05) is 14.2 Å². The first-order chi connectivity index (χ1) is 13.5. The molecule has 2 aromatic heterocycles. The van der Waals surface area contributed by atoms with Crippen molar-refractivity contribution in [3.05, 3.63) is 58.7 Å². The van der Waals surface area contributed by atoms with E-state index in [1.807, 2.05) is 38.1 Å². The topological polar surface area (TPSA) is 79.1 Å². The Morgan fingerprint density at radius 2 is 1.71 bits per heavy atom. The maximum absolute atomic E-state index is 12.8. The van der Waals surface area contributed by atoms with E-state index in [2.05, 4.69) is 15.1 Å². The molecule has 0 bridgehead atoms. The highest BCUT2D eigenvalue weighted by molar-refractivity contribution is 5.98. The summed E-state index contributed by atoms with van der Waals surface area (Å²) < 4.78 is 12.4. The summed E-state index contributed by atoms with van der Waals surface area (Å²) in [6.45, 7) is 3.84. The Balaban J connectivity index is 1.74. The number of methoxy groups -OCH3 is 2. The molecular formula is C21H22N4O3. The van der Waals surface area contributed by atoms with Crippen molar-refractivity contribution in [2.24, 2.45) is 0 Å². The molecule has 0 N–H and O–H groups in total. The summed E-state index contributed by atoms with van der Waals surface area (Å²) in [5.41, 5.74) is 4.27. The molecule has 7 nitrogen and oxygen atoms in total. The predicted octanol–water partition coefficient (Wildman–Crippen LogP) is 3.21. The van der Waals surface area contributed by atoms with Crippen LogP contribution in [0.1, 0.15) is 45.3 Å². The van der Waals surface area contributed by atoms with Gasteiger partial charge in [-0.15, -0.1) is 0 Å². The fourth-order valence-corrected chi connectivity index (χ4v) is 3.76. The molecule has 0 saturated carbocycles. The third kappa shape index (κ3) is 3.13. The minimum absolute atomic E-state index is 0.0289. The number of carbonyl (C=O) groups is 1. The van der Waals surface area contributed by atoms with Gasteiger partial charge in [0.05, 0.1) is 31.7 Å². The zero-order valence-corrected chi connectivity index (χ0v) is 16.4. The highest BCUT2D eigenvalue weighted by Gasteiger charge is 2.31. The van der Waals surface area contributed by atoms with E-state index < -0.39 is 0 Å². The quantitative estimate of drug-likeness (QED) is 0.694. The molecule has 3 aromatic rings. The predicted molar refractivity (Wildman–Crippen MR) is 104 cm³/mol. The molecule has 1 aliphatic carbocycles. The number of rotatable bonds is 4. The summed E-state index contributed by atoms with van der Waals surface area (Å²) in [4.78, 5) is 21.8. The number of aromatic nitrogens is 4. The minimum atomic E-state index is 0.0289. The molecule has 0 spiro atoms. The average Bonchev–Trinajstić information content (AvgIpc) is 3.11. The monoisotopic (exact) mass is 378 g/mol. The van der Waals surface area contributed by atoms with Gasteiger partial charge in [0.1, 0.15) is 0 Å². The van der Waals surface area contributed by atoms with E-state index in [0.29, 0.717) is 35.9 Å². The number of ether oxygens (including phenoxy) is 2. The van der Waals surface area contributed by atoms with Crippen molar-refractivity contribution < 1.29 is 14.3 Å². The molecule has 7 heteroatoms. The molecule has 0 amide bonds. The lowest BCUT2D eigenvalue weighted by molar-refractivity contribution is 0.0963. The van der Waals surface area contributed by atoms with E-state index in [-0.39, 0.29) is 11.7 Å². The number of carbonyl (C=O) groups excluding carboxylic acids is 1. The molecule has 28 heavy (non-hydrogen) atoms. The van der Waals surface area contributed by atoms with Gasteiger partial charge in [-0.05, 0) is 49.9 Å². The molecule has 4 rings (SSSR count). The van der Waals surface area contributed by atoms with Crippen LogP contribution in [0.3, 0.4) is 0 Å². The molecule has 0 unspecified atom stereocenters. The standard InChI is InChI=1S/C21H22N4O3/c1-12-7-13(2)24-21(23-12)25-17-8-15(9-18(26)16(17)11-22-25)14-5-6-19(27-3)20(10-14)28-4/h5-7,10-11,15H,8-9H2,1-4H3/t15-/m1/s1. The molecule has 1 aromatic carbocycles. The lowest BCUT2D eigenvalue weighted by Gasteiger charge is -2.23. The second kappa shape index (κ2) is 7.07. The largest absolute Gasteiger partial charge is 0.493 e. The first-order valence-electron chi connectivity index (χ1n) is 9.15. The Bertz CT molecular complexity index is 1040. The van der Waals surface area contributed by atoms with Crippen molar-refractivity contribution in [2.45, 2.75) is 32.6 Å². The molecule has 0 aliphatic heterocycles. The number of hydrogen-bond acceptors (Lipinski definition) is 6. The Labute approximate surface area is 163 Å². The maximum Gasteiger partial charge on any atom is 0.251 e. The van der Waals surface area contributed by atoms with Crippen LogP contribution in [0.25, 0.3) is 5.95 Å². The van der Waals surface area contributed by atoms with Crippen molar-refractivity contribution in [3.8, 4) is 17.4 Å². The molecule has 1 aliphatic rings. The van der Waals surface area contributed by atoms with Crippen LogP contribution >= 0.6 is 0 Å². The number of hydrogen-bond donors (Lipinski definition) is 0. The van der Waals surface area contributed by atoms with Crippen molar-refractivity contribution >= 4 is 5.78 Å². The van der Waals surface area contributed by atoms with Crippen LogP contribution in [-0.4, -0.2) is 39.8 Å². The van der Waals surface area contributed by atoms with Gasteiger partial charge >= 0.3 is 0 Å². The summed E-state index contributed by atoms with van der Waals surface area (Å²) in [5, 5.41) is 4.42. The summed E-state index contributed by atoms with van der Waals surface area (Å²) in [7, 11) is 3.22. The van der Waals surface area contributed by atoms with Crippen LogP contribution in [0, 0.1) is 13.8 Å². The molecule has 2 heterocycles. The molecule has 0 radical (unpaired) electrons. The Morgan fingerprint density at radius 1 is 1.00 bits per heavy atom. The lowest BCUT2D eigenvalue weighted by atomic mass is 9.82. The fourth-order valence-electron chi connectivity index (χ4n) is 3.76. The van der Waals surface area contributed by atoms with Gasteiger partial charge in [0.15, 0.2) is 17.3 Å². The summed E-state index contributed by atoms with van der Waals surface area (Å²) in [6, 6.07) is 7.71. The van der Waals surface area contributed by atoms with E-state index in [1.165, 1.54) is 0 Å². The van der Waals surface area contributed by atoms with Crippen molar-refractivity contribution in [1.82, 2.24) is 19.7 Å². The van der Waals surface area contributed by atoms with Gasteiger partial charge in [-0.2, -0.15) is 5.10 Å². The number of Topliss-reactive ketones (excluding diaryl/α,β-unsaturated/α-hetero) is 1. The molecular weight excluding hydrogens is 356 g/mol. The van der Waals surface area contributed by atoms with Gasteiger partial charge in [-0.25, -0.2) is 14.6 Å². The Hall–Kier alpha value is -3.22. The van der Waals surface area contributed by atoms with Crippen LogP contribution in [0.5, 0.6) is 11.5 Å². The third-order valence-corrected chi connectivity index (χ3v) is 5.08. The van der Waals surface area contributed by atoms with Gasteiger partial charge in [0, 0.05) is 17.8 Å². The lowest BCUT2D eigenvalue weighted by Crippen LogP contribution is -2.21. The van der Waals surface area contributed by atoms with Crippen LogP contribution in [0.4, 0.5) is 0 Å². The number of aryl methyl sites for hydroxylation is 2. The zero-order valence-electron chi connectivity index (χ0n) is 16.4. The van der Waals surface area contributed by atoms with Gasteiger partial charge in [0.2, 0.25) is 0 Å². The second-order valence-corrected chi connectivity index (χ2v) is 7.01. The van der Waals surface area contributed by atoms with Gasteiger partial charge in [-0.1, -0.05) is 6.07 Å². The minimum Gasteiger partial charge on any atom is -0.493 e. The highest BCUT2D eigenvalue weighted by Crippen LogP contribution is 2.37. The van der Waals surface area contributed by atoms with Gasteiger partial charge in [-0.3, -0.25) is 4.79 Å². The Morgan fingerprint density at radius 3 is 2.39 bits per heavy atom. The van der Waals surface area contributed by atoms with Crippen LogP contribution in [0.2, 0.25) is 0 Å². The van der Waals surface area contributed by atoms with Crippen LogP contribution in [0.15, 0.2) is 30.5 Å². The van der Waals surface area contributed by atoms with Crippen molar-refractivity contribution in [1.29, 1.82) is 0 Å². The van der Waals surface area contributed by atoms with Gasteiger partial charge < -0.3 is 9.47 Å². The van der Waals surface area contributed by atoms with E-state index in [4.69, 9.17) is 9.47 Å². The third-order valence-electron chi connectivity index (χ3n) is 5.08. The molecule has 0 saturated heterocycles. The molecule has 0 fully saturated rings. The number of benzene rings is 1. The summed E-state index contributed by atoms with van der Waals surface area (Å²) in [6.07, 6.45) is 2.73. The summed E-state index contributed by atoms with van der Waals surface area (Å²) >= 11 is 0. The fraction of sp³-hybridized carbons (Fsp3) is 0.333. The van der Waals surface area contributed by atoms with E-state index in [0.717, 1.165) is 22.6 Å². The second-order valence-electron chi connectivity index (χ2n) is 7.01. The van der Waals surface area contributed by atoms with Crippen LogP contribution in [-0.2, 0) is 6.42 Å². The number of ketones is 1. The molecule has 1 atom stereocenters. The maximum atomic E-state index is 12.8. The first kappa shape index (κ1) is 18.2. The normalized spacial score (nSPS) is 16.0.